The van der Waals surface area contributed by atoms with Crippen molar-refractivity contribution >= 4 is 23.8 Å². The Hall–Kier alpha value is -3.17. The molecule has 37 heavy (non-hydrogen) atoms. The first-order chi connectivity index (χ1) is 17.8. The molecule has 0 bridgehead atoms. The van der Waals surface area contributed by atoms with Crippen molar-refractivity contribution in [1.29, 1.82) is 5.41 Å². The lowest BCUT2D eigenvalue weighted by Crippen LogP contribution is -2.48. The van der Waals surface area contributed by atoms with Crippen molar-refractivity contribution in [2.75, 3.05) is 50.9 Å². The van der Waals surface area contributed by atoms with Crippen LogP contribution in [0.5, 0.6) is 0 Å². The van der Waals surface area contributed by atoms with Gasteiger partial charge in [0.15, 0.2) is 0 Å². The third-order valence-electron chi connectivity index (χ3n) is 7.45. The zero-order valence-electron chi connectivity index (χ0n) is 22.8. The van der Waals surface area contributed by atoms with Gasteiger partial charge in [0.1, 0.15) is 23.2 Å². The topological polar surface area (TPSA) is 92.5 Å². The summed E-state index contributed by atoms with van der Waals surface area (Å²) >= 11 is 0. The smallest absolute Gasteiger partial charge is 0.270 e. The van der Waals surface area contributed by atoms with Crippen LogP contribution in [0.25, 0.3) is 0 Å². The van der Waals surface area contributed by atoms with Gasteiger partial charge in [0.25, 0.3) is 5.91 Å². The van der Waals surface area contributed by atoms with E-state index in [1.165, 1.54) is 11.8 Å². The van der Waals surface area contributed by atoms with Crippen molar-refractivity contribution < 1.29 is 4.79 Å². The standard InChI is InChI=1S/C28H42N8O/c1-20(2)35-14-12-34(13-15-35)19-22-10-11-26(30-18-22)31-21(3)32-27-23(17-29)16-25(28(37)33(4)5)36(27)24-8-6-7-9-24/h10-11,16-18,20,24,29,32H,3,6-9,12-15,19H2,1-2,4-5H3,(H,30,31). The Bertz CT molecular complexity index is 1090. The molecule has 1 amide bonds. The second kappa shape index (κ2) is 11.9. The molecule has 9 heteroatoms. The van der Waals surface area contributed by atoms with Gasteiger partial charge >= 0.3 is 0 Å². The second-order valence-corrected chi connectivity index (χ2v) is 10.7. The van der Waals surface area contributed by atoms with Crippen molar-refractivity contribution in [2.24, 2.45) is 0 Å². The summed E-state index contributed by atoms with van der Waals surface area (Å²) in [6.07, 6.45) is 7.53. The second-order valence-electron chi connectivity index (χ2n) is 10.7. The van der Waals surface area contributed by atoms with Gasteiger partial charge in [-0.15, -0.1) is 0 Å². The largest absolute Gasteiger partial charge is 0.343 e. The molecule has 0 spiro atoms. The van der Waals surface area contributed by atoms with E-state index in [1.807, 2.05) is 12.3 Å². The molecule has 0 radical (unpaired) electrons. The van der Waals surface area contributed by atoms with Gasteiger partial charge in [0, 0.05) is 76.9 Å². The average molecular weight is 507 g/mol. The fourth-order valence-corrected chi connectivity index (χ4v) is 5.34. The number of rotatable bonds is 10. The van der Waals surface area contributed by atoms with E-state index in [0.29, 0.717) is 28.9 Å². The Labute approximate surface area is 221 Å². The molecule has 2 fully saturated rings. The lowest BCUT2D eigenvalue weighted by molar-refractivity contribution is 0.0815. The van der Waals surface area contributed by atoms with E-state index in [1.54, 1.807) is 25.1 Å². The molecule has 0 aromatic carbocycles. The molecule has 1 aliphatic carbocycles. The minimum Gasteiger partial charge on any atom is -0.343 e. The Balaban J connectivity index is 1.42. The van der Waals surface area contributed by atoms with Crippen LogP contribution in [0.3, 0.4) is 0 Å². The molecule has 2 aromatic heterocycles. The van der Waals surface area contributed by atoms with E-state index in [0.717, 1.165) is 64.2 Å². The minimum absolute atomic E-state index is 0.0653. The van der Waals surface area contributed by atoms with Crippen LogP contribution in [0.2, 0.25) is 0 Å². The number of hydrogen-bond donors (Lipinski definition) is 3. The molecule has 2 aromatic rings. The normalized spacial score (nSPS) is 17.2. The van der Waals surface area contributed by atoms with Crippen LogP contribution >= 0.6 is 0 Å². The van der Waals surface area contributed by atoms with Gasteiger partial charge in [-0.25, -0.2) is 4.98 Å². The number of amides is 1. The highest BCUT2D eigenvalue weighted by atomic mass is 16.2. The van der Waals surface area contributed by atoms with E-state index in [-0.39, 0.29) is 11.9 Å². The van der Waals surface area contributed by atoms with Crippen LogP contribution in [-0.4, -0.2) is 82.7 Å². The van der Waals surface area contributed by atoms with Crippen LogP contribution in [0.15, 0.2) is 36.8 Å². The molecule has 0 atom stereocenters. The summed E-state index contributed by atoms with van der Waals surface area (Å²) in [6.45, 7) is 13.9. The molecular formula is C28H42N8O. The molecule has 4 rings (SSSR count). The minimum atomic E-state index is -0.0653. The predicted molar refractivity (Wildman–Crippen MR) is 150 cm³/mol. The average Bonchev–Trinajstić information content (AvgIpc) is 3.53. The van der Waals surface area contributed by atoms with Crippen molar-refractivity contribution in [3.05, 3.63) is 53.6 Å². The molecule has 0 unspecified atom stereocenters. The molecule has 2 aliphatic rings. The summed E-state index contributed by atoms with van der Waals surface area (Å²) in [7, 11) is 3.51. The van der Waals surface area contributed by atoms with E-state index >= 15 is 0 Å². The van der Waals surface area contributed by atoms with E-state index < -0.39 is 0 Å². The lowest BCUT2D eigenvalue weighted by atomic mass is 10.2. The van der Waals surface area contributed by atoms with Crippen molar-refractivity contribution in [3.8, 4) is 0 Å². The van der Waals surface area contributed by atoms with Crippen LogP contribution in [0, 0.1) is 5.41 Å². The van der Waals surface area contributed by atoms with E-state index in [2.05, 4.69) is 56.5 Å². The van der Waals surface area contributed by atoms with Crippen LogP contribution in [0.1, 0.15) is 67.2 Å². The van der Waals surface area contributed by atoms with Gasteiger partial charge in [0.2, 0.25) is 0 Å². The van der Waals surface area contributed by atoms with E-state index in [4.69, 9.17) is 5.41 Å². The first-order valence-electron chi connectivity index (χ1n) is 13.4. The van der Waals surface area contributed by atoms with Crippen LogP contribution < -0.4 is 10.6 Å². The summed E-state index contributed by atoms with van der Waals surface area (Å²) in [5, 5.41) is 14.6. The number of anilines is 2. The molecule has 9 nitrogen and oxygen atoms in total. The Morgan fingerprint density at radius 3 is 2.46 bits per heavy atom. The van der Waals surface area contributed by atoms with Gasteiger partial charge in [-0.05, 0) is 44.4 Å². The van der Waals surface area contributed by atoms with Crippen molar-refractivity contribution in [2.45, 2.75) is 58.2 Å². The SMILES string of the molecule is C=C(Nc1ccc(CN2CCN(C(C)C)CC2)cn1)Nc1c(C=N)cc(C(=O)N(C)C)n1C1CCCC1. The predicted octanol–water partition coefficient (Wildman–Crippen LogP) is 4.22. The number of hydrogen-bond acceptors (Lipinski definition) is 7. The van der Waals surface area contributed by atoms with Gasteiger partial charge in [-0.1, -0.05) is 25.5 Å². The number of carbonyl (C=O) groups is 1. The highest BCUT2D eigenvalue weighted by molar-refractivity contribution is 5.98. The maximum absolute atomic E-state index is 12.9. The first kappa shape index (κ1) is 26.9. The maximum Gasteiger partial charge on any atom is 0.270 e. The number of pyridine rings is 1. The quantitative estimate of drug-likeness (QED) is 0.418. The highest BCUT2D eigenvalue weighted by Crippen LogP contribution is 2.36. The summed E-state index contributed by atoms with van der Waals surface area (Å²) in [5.74, 6) is 1.91. The maximum atomic E-state index is 12.9. The summed E-state index contributed by atoms with van der Waals surface area (Å²) < 4.78 is 2.07. The zero-order valence-corrected chi connectivity index (χ0v) is 22.8. The van der Waals surface area contributed by atoms with Crippen LogP contribution in [-0.2, 0) is 6.54 Å². The van der Waals surface area contributed by atoms with Gasteiger partial charge < -0.3 is 25.5 Å². The third kappa shape index (κ3) is 6.40. The Morgan fingerprint density at radius 1 is 1.19 bits per heavy atom. The Kier molecular flexibility index (Phi) is 8.66. The zero-order chi connectivity index (χ0) is 26.5. The number of piperazine rings is 1. The van der Waals surface area contributed by atoms with Gasteiger partial charge in [-0.2, -0.15) is 0 Å². The molecule has 1 saturated carbocycles. The van der Waals surface area contributed by atoms with Gasteiger partial charge in [0.05, 0.1) is 0 Å². The molecule has 1 saturated heterocycles. The Morgan fingerprint density at radius 2 is 1.89 bits per heavy atom. The molecule has 1 aliphatic heterocycles. The summed E-state index contributed by atoms with van der Waals surface area (Å²) in [4.78, 5) is 24.1. The third-order valence-corrected chi connectivity index (χ3v) is 7.45. The fourth-order valence-electron chi connectivity index (χ4n) is 5.34. The van der Waals surface area contributed by atoms with Crippen LogP contribution in [0.4, 0.5) is 11.6 Å². The highest BCUT2D eigenvalue weighted by Gasteiger charge is 2.28. The first-order valence-corrected chi connectivity index (χ1v) is 13.4. The molecule has 200 valence electrons. The molecular weight excluding hydrogens is 464 g/mol. The fraction of sp³-hybridized carbons (Fsp3) is 0.536. The number of nitrogens with one attached hydrogen (secondary N) is 3. The number of nitrogens with zero attached hydrogens (tertiary/aromatic N) is 5. The van der Waals surface area contributed by atoms with Crippen molar-refractivity contribution in [3.63, 3.8) is 0 Å². The summed E-state index contributed by atoms with van der Waals surface area (Å²) in [6, 6.07) is 6.71. The monoisotopic (exact) mass is 506 g/mol. The number of carbonyl (C=O) groups excluding carboxylic acids is 1. The molecule has 3 N–H and O–H groups in total. The van der Waals surface area contributed by atoms with Crippen molar-refractivity contribution in [1.82, 2.24) is 24.3 Å². The van der Waals surface area contributed by atoms with E-state index in [9.17, 15) is 4.79 Å². The van der Waals surface area contributed by atoms with Gasteiger partial charge in [-0.3, -0.25) is 14.6 Å². The summed E-state index contributed by atoms with van der Waals surface area (Å²) in [5.41, 5.74) is 2.46. The number of aromatic nitrogens is 2. The lowest BCUT2D eigenvalue weighted by Gasteiger charge is -2.36. The molecule has 3 heterocycles.